The third kappa shape index (κ3) is 1.33. The maximum absolute atomic E-state index is 10.8. The molecule has 1 N–H and O–H groups in total. The van der Waals surface area contributed by atoms with E-state index in [1.54, 1.807) is 0 Å². The Bertz CT molecular complexity index is 124. The number of hydrogen-bond donors (Lipinski definition) is 1. The van der Waals surface area contributed by atoms with Crippen LogP contribution in [-0.2, 0) is 10.8 Å². The second kappa shape index (κ2) is 2.80. The molecule has 0 aromatic carbocycles. The third-order valence-corrected chi connectivity index (χ3v) is 3.61. The van der Waals surface area contributed by atoms with Gasteiger partial charge < -0.3 is 5.11 Å². The molecule has 1 aliphatic rings. The zero-order chi connectivity index (χ0) is 6.85. The van der Waals surface area contributed by atoms with Gasteiger partial charge in [-0.3, -0.25) is 4.21 Å². The minimum atomic E-state index is -0.687. The molecule has 2 nitrogen and oxygen atoms in total. The van der Waals surface area contributed by atoms with Crippen LogP contribution in [0.5, 0.6) is 0 Å². The molecule has 0 unspecified atom stereocenters. The fourth-order valence-corrected chi connectivity index (χ4v) is 2.59. The Kier molecular flexibility index (Phi) is 2.24. The number of aliphatic hydroxyl groups excluding tert-OH is 1. The quantitative estimate of drug-likeness (QED) is 0.584. The fraction of sp³-hybridized carbons (Fsp3) is 1.00. The van der Waals surface area contributed by atoms with Crippen molar-refractivity contribution >= 4 is 10.8 Å². The summed E-state index contributed by atoms with van der Waals surface area (Å²) in [6.07, 6.45) is 2.09. The Labute approximate surface area is 57.7 Å². The second-order valence-corrected chi connectivity index (χ2v) is 4.24. The van der Waals surface area contributed by atoms with E-state index in [0.717, 1.165) is 12.8 Å². The molecule has 3 atom stereocenters. The fourth-order valence-electron chi connectivity index (χ4n) is 1.06. The van der Waals surface area contributed by atoms with Crippen molar-refractivity contribution in [3.8, 4) is 0 Å². The Balaban J connectivity index is 2.25. The van der Waals surface area contributed by atoms with Crippen molar-refractivity contribution in [2.75, 3.05) is 6.61 Å². The summed E-state index contributed by atoms with van der Waals surface area (Å²) in [6.45, 7) is 2.18. The lowest BCUT2D eigenvalue weighted by atomic mass is 10.2. The zero-order valence-corrected chi connectivity index (χ0v) is 6.36. The van der Waals surface area contributed by atoms with Crippen molar-refractivity contribution in [2.24, 2.45) is 0 Å². The predicted molar refractivity (Wildman–Crippen MR) is 37.7 cm³/mol. The second-order valence-electron chi connectivity index (χ2n) is 2.38. The molecular weight excluding hydrogens is 136 g/mol. The monoisotopic (exact) mass is 148 g/mol. The van der Waals surface area contributed by atoms with Crippen LogP contribution in [0.25, 0.3) is 0 Å². The molecule has 1 aliphatic heterocycles. The molecule has 0 amide bonds. The van der Waals surface area contributed by atoms with E-state index >= 15 is 0 Å². The summed E-state index contributed by atoms with van der Waals surface area (Å²) in [5.74, 6) is 0. The number of rotatable bonds is 3. The van der Waals surface area contributed by atoms with Gasteiger partial charge in [0.1, 0.15) is 0 Å². The summed E-state index contributed by atoms with van der Waals surface area (Å²) in [5.41, 5.74) is 0. The van der Waals surface area contributed by atoms with Crippen LogP contribution in [0.1, 0.15) is 19.8 Å². The van der Waals surface area contributed by atoms with Gasteiger partial charge >= 0.3 is 0 Å². The van der Waals surface area contributed by atoms with Crippen LogP contribution in [0.15, 0.2) is 0 Å². The van der Waals surface area contributed by atoms with Crippen molar-refractivity contribution in [1.29, 1.82) is 0 Å². The van der Waals surface area contributed by atoms with Crippen molar-refractivity contribution < 1.29 is 9.32 Å². The van der Waals surface area contributed by atoms with Crippen LogP contribution in [0.2, 0.25) is 0 Å². The first-order chi connectivity index (χ1) is 4.31. The first-order valence-corrected chi connectivity index (χ1v) is 4.59. The summed E-state index contributed by atoms with van der Waals surface area (Å²) in [7, 11) is -0.687. The smallest absolute Gasteiger partial charge is 0.0725 e. The molecule has 0 radical (unpaired) electrons. The van der Waals surface area contributed by atoms with E-state index in [4.69, 9.17) is 5.11 Å². The molecular formula is C6H12O2S. The van der Waals surface area contributed by atoms with E-state index in [0.29, 0.717) is 5.25 Å². The molecule has 0 aliphatic carbocycles. The lowest BCUT2D eigenvalue weighted by Gasteiger charge is -1.85. The van der Waals surface area contributed by atoms with Gasteiger partial charge in [0.15, 0.2) is 0 Å². The highest BCUT2D eigenvalue weighted by atomic mass is 32.2. The van der Waals surface area contributed by atoms with E-state index in [1.807, 2.05) is 0 Å². The van der Waals surface area contributed by atoms with Crippen LogP contribution in [0.3, 0.4) is 0 Å². The summed E-state index contributed by atoms with van der Waals surface area (Å²) in [6, 6.07) is 0. The molecule has 1 rings (SSSR count). The maximum atomic E-state index is 10.8. The van der Waals surface area contributed by atoms with Crippen molar-refractivity contribution in [1.82, 2.24) is 0 Å². The van der Waals surface area contributed by atoms with Crippen molar-refractivity contribution in [3.63, 3.8) is 0 Å². The summed E-state index contributed by atoms with van der Waals surface area (Å²) in [4.78, 5) is 0. The van der Waals surface area contributed by atoms with E-state index in [2.05, 4.69) is 6.92 Å². The molecule has 0 spiro atoms. The third-order valence-electron chi connectivity index (χ3n) is 1.69. The van der Waals surface area contributed by atoms with Gasteiger partial charge in [0, 0.05) is 10.8 Å². The molecule has 1 fully saturated rings. The standard InChI is InChI=1S/C6H12O2S/c1-2-3-5-6(4-7)9(5)8/h5-7H,2-4H2,1H3/t5-,6+,9+/m0/s1. The highest BCUT2D eigenvalue weighted by Crippen LogP contribution is 2.30. The topological polar surface area (TPSA) is 37.3 Å². The molecule has 9 heavy (non-hydrogen) atoms. The lowest BCUT2D eigenvalue weighted by Crippen LogP contribution is -1.97. The molecule has 0 bridgehead atoms. The average Bonchev–Trinajstić information content (AvgIpc) is 2.44. The molecule has 0 aromatic heterocycles. The van der Waals surface area contributed by atoms with E-state index in [1.165, 1.54) is 0 Å². The molecule has 3 heteroatoms. The molecule has 1 heterocycles. The largest absolute Gasteiger partial charge is 0.395 e. The van der Waals surface area contributed by atoms with Crippen LogP contribution in [0, 0.1) is 0 Å². The average molecular weight is 148 g/mol. The van der Waals surface area contributed by atoms with E-state index < -0.39 is 10.8 Å². The first-order valence-electron chi connectivity index (χ1n) is 3.31. The van der Waals surface area contributed by atoms with Crippen molar-refractivity contribution in [2.45, 2.75) is 30.3 Å². The Hall–Kier alpha value is 0.110. The SMILES string of the molecule is CCC[C@H]1[C@@H](CO)[S@@]1=O. The molecule has 0 saturated carbocycles. The Morgan fingerprint density at radius 3 is 2.56 bits per heavy atom. The first kappa shape index (κ1) is 7.22. The Morgan fingerprint density at radius 1 is 1.56 bits per heavy atom. The zero-order valence-electron chi connectivity index (χ0n) is 5.54. The number of aliphatic hydroxyl groups is 1. The minimum absolute atomic E-state index is 0.108. The van der Waals surface area contributed by atoms with Gasteiger partial charge in [-0.2, -0.15) is 0 Å². The van der Waals surface area contributed by atoms with E-state index in [-0.39, 0.29) is 11.9 Å². The highest BCUT2D eigenvalue weighted by Gasteiger charge is 2.45. The van der Waals surface area contributed by atoms with Gasteiger partial charge in [-0.05, 0) is 6.42 Å². The maximum Gasteiger partial charge on any atom is 0.0725 e. The van der Waals surface area contributed by atoms with Gasteiger partial charge in [-0.1, -0.05) is 13.3 Å². The predicted octanol–water partition coefficient (Wildman–Crippen LogP) is 0.278. The van der Waals surface area contributed by atoms with Gasteiger partial charge in [0.05, 0.1) is 17.1 Å². The van der Waals surface area contributed by atoms with Crippen molar-refractivity contribution in [3.05, 3.63) is 0 Å². The van der Waals surface area contributed by atoms with Gasteiger partial charge in [0.2, 0.25) is 0 Å². The molecule has 0 aromatic rings. The van der Waals surface area contributed by atoms with Gasteiger partial charge in [0.25, 0.3) is 0 Å². The highest BCUT2D eigenvalue weighted by molar-refractivity contribution is 7.93. The lowest BCUT2D eigenvalue weighted by molar-refractivity contribution is 0.301. The minimum Gasteiger partial charge on any atom is -0.395 e. The number of hydrogen-bond acceptors (Lipinski definition) is 2. The molecule has 1 saturated heterocycles. The van der Waals surface area contributed by atoms with Gasteiger partial charge in [-0.25, -0.2) is 0 Å². The van der Waals surface area contributed by atoms with E-state index in [9.17, 15) is 4.21 Å². The summed E-state index contributed by atoms with van der Waals surface area (Å²) in [5, 5.41) is 9.02. The summed E-state index contributed by atoms with van der Waals surface area (Å²) < 4.78 is 10.8. The Morgan fingerprint density at radius 2 is 2.22 bits per heavy atom. The normalized spacial score (nSPS) is 40.9. The van der Waals surface area contributed by atoms with Crippen LogP contribution in [0.4, 0.5) is 0 Å². The summed E-state index contributed by atoms with van der Waals surface area (Å²) >= 11 is 0. The van der Waals surface area contributed by atoms with Gasteiger partial charge in [-0.15, -0.1) is 0 Å². The molecule has 54 valence electrons. The van der Waals surface area contributed by atoms with Crippen LogP contribution in [-0.4, -0.2) is 26.4 Å². The van der Waals surface area contributed by atoms with Crippen LogP contribution >= 0.6 is 0 Å². The van der Waals surface area contributed by atoms with Crippen LogP contribution < -0.4 is 0 Å².